The second-order valence-corrected chi connectivity index (χ2v) is 7.70. The van der Waals surface area contributed by atoms with E-state index < -0.39 is 0 Å². The SMILES string of the molecule is CCN(Cc1nc2ccccc2c(=O)[nH]1)C(=O)CCC(=O)c1ccc2c(c1)CCC2. The van der Waals surface area contributed by atoms with Gasteiger partial charge in [-0.1, -0.05) is 24.3 Å². The molecular formula is C24H25N3O3. The van der Waals surface area contributed by atoms with Crippen LogP contribution in [-0.4, -0.2) is 33.1 Å². The topological polar surface area (TPSA) is 83.1 Å². The summed E-state index contributed by atoms with van der Waals surface area (Å²) in [6.07, 6.45) is 3.56. The van der Waals surface area contributed by atoms with Crippen molar-refractivity contribution in [3.63, 3.8) is 0 Å². The minimum atomic E-state index is -0.217. The van der Waals surface area contributed by atoms with Crippen molar-refractivity contribution in [1.82, 2.24) is 14.9 Å². The van der Waals surface area contributed by atoms with Gasteiger partial charge >= 0.3 is 0 Å². The molecule has 1 N–H and O–H groups in total. The number of hydrogen-bond donors (Lipinski definition) is 1. The van der Waals surface area contributed by atoms with Gasteiger partial charge in [-0.2, -0.15) is 0 Å². The summed E-state index contributed by atoms with van der Waals surface area (Å²) in [7, 11) is 0. The van der Waals surface area contributed by atoms with Gasteiger partial charge < -0.3 is 9.88 Å². The van der Waals surface area contributed by atoms with Gasteiger partial charge in [0.05, 0.1) is 17.4 Å². The van der Waals surface area contributed by atoms with Crippen LogP contribution in [0.15, 0.2) is 47.3 Å². The Hall–Kier alpha value is -3.28. The normalized spacial score (nSPS) is 12.7. The molecule has 1 heterocycles. The van der Waals surface area contributed by atoms with E-state index in [0.717, 1.165) is 19.3 Å². The van der Waals surface area contributed by atoms with Crippen LogP contribution in [0, 0.1) is 0 Å². The Morgan fingerprint density at radius 3 is 2.70 bits per heavy atom. The Bertz CT molecular complexity index is 1170. The van der Waals surface area contributed by atoms with E-state index in [2.05, 4.69) is 9.97 Å². The molecule has 0 spiro atoms. The highest BCUT2D eigenvalue weighted by atomic mass is 16.2. The Balaban J connectivity index is 1.40. The lowest BCUT2D eigenvalue weighted by atomic mass is 10.0. The van der Waals surface area contributed by atoms with E-state index in [-0.39, 0.29) is 36.6 Å². The number of carbonyl (C=O) groups excluding carboxylic acids is 2. The minimum absolute atomic E-state index is 0.00802. The van der Waals surface area contributed by atoms with Gasteiger partial charge in [0, 0.05) is 24.9 Å². The second kappa shape index (κ2) is 8.61. The van der Waals surface area contributed by atoms with Crippen LogP contribution >= 0.6 is 0 Å². The number of Topliss-reactive ketones (excluding diaryl/α,β-unsaturated/α-hetero) is 1. The summed E-state index contributed by atoms with van der Waals surface area (Å²) in [5.41, 5.74) is 3.66. The number of rotatable bonds is 7. The van der Waals surface area contributed by atoms with Crippen LogP contribution in [0.5, 0.6) is 0 Å². The van der Waals surface area contributed by atoms with Crippen molar-refractivity contribution in [2.75, 3.05) is 6.54 Å². The van der Waals surface area contributed by atoms with Crippen molar-refractivity contribution < 1.29 is 9.59 Å². The number of amides is 1. The predicted molar refractivity (Wildman–Crippen MR) is 115 cm³/mol. The first-order valence-electron chi connectivity index (χ1n) is 10.5. The highest BCUT2D eigenvalue weighted by Gasteiger charge is 2.18. The number of para-hydroxylation sites is 1. The molecule has 0 saturated carbocycles. The Labute approximate surface area is 174 Å². The number of ketones is 1. The first kappa shape index (κ1) is 20.0. The maximum Gasteiger partial charge on any atom is 0.258 e. The van der Waals surface area contributed by atoms with Crippen molar-refractivity contribution in [1.29, 1.82) is 0 Å². The van der Waals surface area contributed by atoms with Gasteiger partial charge in [0.2, 0.25) is 5.91 Å². The molecule has 154 valence electrons. The summed E-state index contributed by atoms with van der Waals surface area (Å²) in [6, 6.07) is 13.0. The molecule has 4 rings (SSSR count). The largest absolute Gasteiger partial charge is 0.335 e. The van der Waals surface area contributed by atoms with Crippen LogP contribution in [0.25, 0.3) is 10.9 Å². The number of hydrogen-bond acceptors (Lipinski definition) is 4. The Morgan fingerprint density at radius 2 is 1.87 bits per heavy atom. The third kappa shape index (κ3) is 4.17. The first-order valence-corrected chi connectivity index (χ1v) is 10.5. The molecular weight excluding hydrogens is 378 g/mol. The highest BCUT2D eigenvalue weighted by Crippen LogP contribution is 2.23. The molecule has 0 saturated heterocycles. The van der Waals surface area contributed by atoms with Crippen molar-refractivity contribution in [2.45, 2.75) is 45.6 Å². The molecule has 3 aromatic rings. The lowest BCUT2D eigenvalue weighted by Gasteiger charge is -2.20. The molecule has 0 radical (unpaired) electrons. The van der Waals surface area contributed by atoms with Gasteiger partial charge in [0.15, 0.2) is 5.78 Å². The summed E-state index contributed by atoms with van der Waals surface area (Å²) < 4.78 is 0. The van der Waals surface area contributed by atoms with E-state index in [1.165, 1.54) is 11.1 Å². The van der Waals surface area contributed by atoms with Gasteiger partial charge in [0.25, 0.3) is 5.56 Å². The van der Waals surface area contributed by atoms with Gasteiger partial charge in [-0.15, -0.1) is 0 Å². The Kier molecular flexibility index (Phi) is 5.74. The summed E-state index contributed by atoms with van der Waals surface area (Å²) in [4.78, 5) is 46.4. The number of carbonyl (C=O) groups is 2. The molecule has 0 atom stereocenters. The van der Waals surface area contributed by atoms with Gasteiger partial charge in [-0.25, -0.2) is 4.98 Å². The molecule has 0 bridgehead atoms. The van der Waals surface area contributed by atoms with Crippen molar-refractivity contribution in [2.24, 2.45) is 0 Å². The maximum absolute atomic E-state index is 12.7. The summed E-state index contributed by atoms with van der Waals surface area (Å²) >= 11 is 0. The number of aromatic amines is 1. The molecule has 0 unspecified atom stereocenters. The fourth-order valence-corrected chi connectivity index (χ4v) is 4.04. The number of aromatic nitrogens is 2. The van der Waals surface area contributed by atoms with Crippen LogP contribution in [0.1, 0.15) is 53.5 Å². The molecule has 1 amide bonds. The van der Waals surface area contributed by atoms with E-state index in [1.807, 2.05) is 31.2 Å². The molecule has 1 aliphatic rings. The average Bonchev–Trinajstić information content (AvgIpc) is 3.23. The van der Waals surface area contributed by atoms with E-state index in [9.17, 15) is 14.4 Å². The van der Waals surface area contributed by atoms with Gasteiger partial charge in [0.1, 0.15) is 5.82 Å². The van der Waals surface area contributed by atoms with E-state index in [0.29, 0.717) is 28.8 Å². The monoisotopic (exact) mass is 403 g/mol. The highest BCUT2D eigenvalue weighted by molar-refractivity contribution is 5.98. The zero-order chi connectivity index (χ0) is 21.1. The summed E-state index contributed by atoms with van der Waals surface area (Å²) in [5, 5.41) is 0.524. The maximum atomic E-state index is 12.7. The lowest BCUT2D eigenvalue weighted by molar-refractivity contribution is -0.131. The van der Waals surface area contributed by atoms with Gasteiger partial charge in [-0.05, 0) is 55.5 Å². The van der Waals surface area contributed by atoms with Crippen molar-refractivity contribution in [3.05, 3.63) is 75.3 Å². The smallest absolute Gasteiger partial charge is 0.258 e. The van der Waals surface area contributed by atoms with Crippen LogP contribution in [0.4, 0.5) is 0 Å². The first-order chi connectivity index (χ1) is 14.5. The molecule has 1 aliphatic carbocycles. The molecule has 2 aromatic carbocycles. The zero-order valence-corrected chi connectivity index (χ0v) is 17.1. The fraction of sp³-hybridized carbons (Fsp3) is 0.333. The second-order valence-electron chi connectivity index (χ2n) is 7.70. The van der Waals surface area contributed by atoms with E-state index in [4.69, 9.17) is 0 Å². The van der Waals surface area contributed by atoms with E-state index >= 15 is 0 Å². The predicted octanol–water partition coefficient (Wildman–Crippen LogP) is 3.42. The molecule has 6 heteroatoms. The standard InChI is InChI=1S/C24H25N3O3/c1-2-27(15-22-25-20-9-4-3-8-19(20)24(30)26-22)23(29)13-12-21(28)18-11-10-16-6-5-7-17(16)14-18/h3-4,8-11,14H,2,5-7,12-13,15H2,1H3,(H,25,26,30). The van der Waals surface area contributed by atoms with Crippen molar-refractivity contribution in [3.8, 4) is 0 Å². The van der Waals surface area contributed by atoms with Crippen LogP contribution in [-0.2, 0) is 24.2 Å². The number of nitrogens with zero attached hydrogens (tertiary/aromatic N) is 2. The lowest BCUT2D eigenvalue weighted by Crippen LogP contribution is -2.32. The molecule has 0 fully saturated rings. The zero-order valence-electron chi connectivity index (χ0n) is 17.1. The minimum Gasteiger partial charge on any atom is -0.335 e. The fourth-order valence-electron chi connectivity index (χ4n) is 4.04. The molecule has 1 aromatic heterocycles. The number of nitrogens with one attached hydrogen (secondary N) is 1. The van der Waals surface area contributed by atoms with E-state index in [1.54, 1.807) is 23.1 Å². The van der Waals surface area contributed by atoms with Gasteiger partial charge in [-0.3, -0.25) is 14.4 Å². The Morgan fingerprint density at radius 1 is 1.07 bits per heavy atom. The number of fused-ring (bicyclic) bond motifs is 2. The number of H-pyrrole nitrogens is 1. The molecule has 30 heavy (non-hydrogen) atoms. The van der Waals surface area contributed by atoms with Crippen LogP contribution in [0.2, 0.25) is 0 Å². The average molecular weight is 403 g/mol. The van der Waals surface area contributed by atoms with Crippen molar-refractivity contribution >= 4 is 22.6 Å². The third-order valence-corrected chi connectivity index (χ3v) is 5.72. The quantitative estimate of drug-likeness (QED) is 0.613. The summed E-state index contributed by atoms with van der Waals surface area (Å²) in [5.74, 6) is 0.313. The third-order valence-electron chi connectivity index (χ3n) is 5.72. The molecule has 6 nitrogen and oxygen atoms in total. The number of aryl methyl sites for hydroxylation is 2. The van der Waals surface area contributed by atoms with Crippen LogP contribution in [0.3, 0.4) is 0 Å². The summed E-state index contributed by atoms with van der Waals surface area (Å²) in [6.45, 7) is 2.56. The number of benzene rings is 2. The van der Waals surface area contributed by atoms with Crippen LogP contribution < -0.4 is 5.56 Å². The molecule has 0 aliphatic heterocycles.